The lowest BCUT2D eigenvalue weighted by Crippen LogP contribution is -2.18. The smallest absolute Gasteiger partial charge is 0.0297 e. The second-order valence-corrected chi connectivity index (χ2v) is 4.64. The molecule has 0 aliphatic rings. The molecule has 0 aliphatic heterocycles. The summed E-state index contributed by atoms with van der Waals surface area (Å²) in [6.07, 6.45) is 4.23. The molecule has 0 radical (unpaired) electrons. The van der Waals surface area contributed by atoms with Gasteiger partial charge in [0, 0.05) is 32.0 Å². The molecule has 1 unspecified atom stereocenters. The maximum atomic E-state index is 3.56. The fraction of sp³-hybridized carbons (Fsp3) is 0.333. The predicted molar refractivity (Wildman–Crippen MR) is 71.8 cm³/mol. The van der Waals surface area contributed by atoms with Gasteiger partial charge in [0.05, 0.1) is 0 Å². The zero-order chi connectivity index (χ0) is 12.3. The standard InChI is InChI=1S/C15H20N2/c1-12-6-4-5-7-15(12)13(2)16-10-14-8-9-17(3)11-14/h4-9,11,13,16H,10H2,1-3H3. The minimum absolute atomic E-state index is 0.386. The average molecular weight is 228 g/mol. The van der Waals surface area contributed by atoms with Crippen molar-refractivity contribution in [1.82, 2.24) is 9.88 Å². The number of rotatable bonds is 4. The number of benzene rings is 1. The van der Waals surface area contributed by atoms with Crippen LogP contribution in [-0.4, -0.2) is 4.57 Å². The van der Waals surface area contributed by atoms with E-state index in [2.05, 4.69) is 66.5 Å². The summed E-state index contributed by atoms with van der Waals surface area (Å²) in [6.45, 7) is 5.29. The third-order valence-corrected chi connectivity index (χ3v) is 3.16. The molecule has 2 aromatic rings. The van der Waals surface area contributed by atoms with Crippen LogP contribution in [0.1, 0.15) is 29.7 Å². The van der Waals surface area contributed by atoms with Crippen molar-refractivity contribution in [2.24, 2.45) is 7.05 Å². The third-order valence-electron chi connectivity index (χ3n) is 3.16. The van der Waals surface area contributed by atoms with E-state index in [1.165, 1.54) is 16.7 Å². The zero-order valence-corrected chi connectivity index (χ0v) is 10.8. The molecule has 0 amide bonds. The fourth-order valence-corrected chi connectivity index (χ4v) is 2.12. The van der Waals surface area contributed by atoms with Gasteiger partial charge in [-0.1, -0.05) is 24.3 Å². The molecule has 0 spiro atoms. The molecule has 2 rings (SSSR count). The quantitative estimate of drug-likeness (QED) is 0.850. The molecule has 0 fully saturated rings. The zero-order valence-electron chi connectivity index (χ0n) is 10.8. The van der Waals surface area contributed by atoms with Crippen molar-refractivity contribution in [3.63, 3.8) is 0 Å². The molecule has 0 aliphatic carbocycles. The van der Waals surface area contributed by atoms with Gasteiger partial charge in [0.15, 0.2) is 0 Å². The van der Waals surface area contributed by atoms with E-state index in [-0.39, 0.29) is 0 Å². The Labute approximate surface area is 103 Å². The summed E-state index contributed by atoms with van der Waals surface area (Å²) in [6, 6.07) is 11.1. The van der Waals surface area contributed by atoms with E-state index in [1.807, 2.05) is 7.05 Å². The molecule has 2 nitrogen and oxygen atoms in total. The van der Waals surface area contributed by atoms with Crippen LogP contribution in [-0.2, 0) is 13.6 Å². The van der Waals surface area contributed by atoms with Gasteiger partial charge in [-0.3, -0.25) is 0 Å². The van der Waals surface area contributed by atoms with E-state index in [0.29, 0.717) is 6.04 Å². The largest absolute Gasteiger partial charge is 0.357 e. The van der Waals surface area contributed by atoms with Crippen LogP contribution in [0.3, 0.4) is 0 Å². The molecule has 1 aromatic carbocycles. The van der Waals surface area contributed by atoms with E-state index >= 15 is 0 Å². The SMILES string of the molecule is Cc1ccccc1C(C)NCc1ccn(C)c1. The lowest BCUT2D eigenvalue weighted by molar-refractivity contribution is 0.572. The summed E-state index contributed by atoms with van der Waals surface area (Å²) in [7, 11) is 2.05. The summed E-state index contributed by atoms with van der Waals surface area (Å²) in [5, 5.41) is 3.56. The Hall–Kier alpha value is -1.54. The third kappa shape index (κ3) is 2.98. The summed E-state index contributed by atoms with van der Waals surface area (Å²) in [4.78, 5) is 0. The molecular weight excluding hydrogens is 208 g/mol. The summed E-state index contributed by atoms with van der Waals surface area (Å²) >= 11 is 0. The van der Waals surface area contributed by atoms with Crippen LogP contribution in [0.5, 0.6) is 0 Å². The number of hydrogen-bond donors (Lipinski definition) is 1. The molecular formula is C15H20N2. The van der Waals surface area contributed by atoms with Gasteiger partial charge >= 0.3 is 0 Å². The van der Waals surface area contributed by atoms with E-state index in [0.717, 1.165) is 6.54 Å². The maximum Gasteiger partial charge on any atom is 0.0297 e. The first-order chi connectivity index (χ1) is 8.16. The highest BCUT2D eigenvalue weighted by atomic mass is 14.9. The van der Waals surface area contributed by atoms with Gasteiger partial charge in [0.25, 0.3) is 0 Å². The van der Waals surface area contributed by atoms with Gasteiger partial charge < -0.3 is 9.88 Å². The Morgan fingerprint density at radius 2 is 2.00 bits per heavy atom. The Kier molecular flexibility index (Phi) is 3.64. The lowest BCUT2D eigenvalue weighted by atomic mass is 10.0. The molecule has 1 heterocycles. The minimum Gasteiger partial charge on any atom is -0.357 e. The number of nitrogens with zero attached hydrogens (tertiary/aromatic N) is 1. The van der Waals surface area contributed by atoms with Crippen LogP contribution in [0.25, 0.3) is 0 Å². The molecule has 0 saturated carbocycles. The van der Waals surface area contributed by atoms with Crippen LogP contribution >= 0.6 is 0 Å². The highest BCUT2D eigenvalue weighted by Crippen LogP contribution is 2.17. The van der Waals surface area contributed by atoms with Gasteiger partial charge in [0.2, 0.25) is 0 Å². The van der Waals surface area contributed by atoms with Crippen molar-refractivity contribution in [2.75, 3.05) is 0 Å². The van der Waals surface area contributed by atoms with Crippen molar-refractivity contribution < 1.29 is 0 Å². The van der Waals surface area contributed by atoms with Gasteiger partial charge in [-0.25, -0.2) is 0 Å². The van der Waals surface area contributed by atoms with Gasteiger partial charge in [-0.15, -0.1) is 0 Å². The highest BCUT2D eigenvalue weighted by Gasteiger charge is 2.07. The van der Waals surface area contributed by atoms with Crippen molar-refractivity contribution in [1.29, 1.82) is 0 Å². The molecule has 1 N–H and O–H groups in total. The van der Waals surface area contributed by atoms with Crippen LogP contribution in [0.4, 0.5) is 0 Å². The van der Waals surface area contributed by atoms with Gasteiger partial charge in [-0.2, -0.15) is 0 Å². The van der Waals surface area contributed by atoms with Crippen LogP contribution in [0.2, 0.25) is 0 Å². The first-order valence-corrected chi connectivity index (χ1v) is 6.06. The molecule has 1 aromatic heterocycles. The van der Waals surface area contributed by atoms with E-state index < -0.39 is 0 Å². The minimum atomic E-state index is 0.386. The van der Waals surface area contributed by atoms with Crippen LogP contribution in [0.15, 0.2) is 42.7 Å². The Morgan fingerprint density at radius 1 is 1.24 bits per heavy atom. The topological polar surface area (TPSA) is 17.0 Å². The van der Waals surface area contributed by atoms with Gasteiger partial charge in [0.1, 0.15) is 0 Å². The van der Waals surface area contributed by atoms with Gasteiger partial charge in [-0.05, 0) is 36.6 Å². The lowest BCUT2D eigenvalue weighted by Gasteiger charge is -2.16. The molecule has 1 atom stereocenters. The second-order valence-electron chi connectivity index (χ2n) is 4.64. The number of hydrogen-bond acceptors (Lipinski definition) is 1. The number of nitrogens with one attached hydrogen (secondary N) is 1. The normalized spacial score (nSPS) is 12.6. The van der Waals surface area contributed by atoms with Crippen molar-refractivity contribution >= 4 is 0 Å². The van der Waals surface area contributed by atoms with Crippen LogP contribution < -0.4 is 5.32 Å². The first-order valence-electron chi connectivity index (χ1n) is 6.06. The number of aromatic nitrogens is 1. The van der Waals surface area contributed by atoms with E-state index in [9.17, 15) is 0 Å². The monoisotopic (exact) mass is 228 g/mol. The Morgan fingerprint density at radius 3 is 2.65 bits per heavy atom. The Bertz CT molecular complexity index is 485. The summed E-state index contributed by atoms with van der Waals surface area (Å²) in [5.41, 5.74) is 4.05. The molecule has 90 valence electrons. The summed E-state index contributed by atoms with van der Waals surface area (Å²) in [5.74, 6) is 0. The Balaban J connectivity index is 1.98. The van der Waals surface area contributed by atoms with E-state index in [1.54, 1.807) is 0 Å². The number of aryl methyl sites for hydroxylation is 2. The molecule has 0 bridgehead atoms. The predicted octanol–water partition coefficient (Wildman–Crippen LogP) is 3.18. The highest BCUT2D eigenvalue weighted by molar-refractivity contribution is 5.28. The van der Waals surface area contributed by atoms with Crippen molar-refractivity contribution in [2.45, 2.75) is 26.4 Å². The van der Waals surface area contributed by atoms with Crippen molar-refractivity contribution in [3.8, 4) is 0 Å². The fourth-order valence-electron chi connectivity index (χ4n) is 2.12. The average Bonchev–Trinajstić information content (AvgIpc) is 2.73. The van der Waals surface area contributed by atoms with Crippen LogP contribution in [0, 0.1) is 6.92 Å². The van der Waals surface area contributed by atoms with Crippen molar-refractivity contribution in [3.05, 3.63) is 59.4 Å². The second kappa shape index (κ2) is 5.19. The van der Waals surface area contributed by atoms with E-state index in [4.69, 9.17) is 0 Å². The first kappa shape index (κ1) is 11.9. The molecule has 2 heteroatoms. The molecule has 17 heavy (non-hydrogen) atoms. The molecule has 0 saturated heterocycles. The maximum absolute atomic E-state index is 3.56. The summed E-state index contributed by atoms with van der Waals surface area (Å²) < 4.78 is 2.08.